The highest BCUT2D eigenvalue weighted by Gasteiger charge is 2.04. The van der Waals surface area contributed by atoms with Crippen molar-refractivity contribution in [1.29, 1.82) is 0 Å². The molecule has 1 heterocycles. The van der Waals surface area contributed by atoms with Crippen LogP contribution in [0.15, 0.2) is 24.3 Å². The van der Waals surface area contributed by atoms with E-state index in [0.29, 0.717) is 16.6 Å². The van der Waals surface area contributed by atoms with Gasteiger partial charge in [0.05, 0.1) is 17.9 Å². The molecule has 0 amide bonds. The summed E-state index contributed by atoms with van der Waals surface area (Å²) in [6, 6.07) is 7.50. The van der Waals surface area contributed by atoms with Gasteiger partial charge in [0.1, 0.15) is 0 Å². The minimum absolute atomic E-state index is 0.630. The van der Waals surface area contributed by atoms with Crippen LogP contribution in [0, 0.1) is 6.92 Å². The quantitative estimate of drug-likeness (QED) is 0.914. The zero-order valence-electron chi connectivity index (χ0n) is 10.4. The highest BCUT2D eigenvalue weighted by Crippen LogP contribution is 2.22. The normalized spacial score (nSPS) is 10.7. The SMILES string of the molecule is CCn1nc(C)cc1CNc1cc(Cl)cc(Cl)c1. The average Bonchev–Trinajstić information content (AvgIpc) is 2.66. The molecular formula is C13H15Cl2N3. The lowest BCUT2D eigenvalue weighted by Gasteiger charge is -2.08. The Morgan fingerprint density at radius 2 is 1.83 bits per heavy atom. The Morgan fingerprint density at radius 1 is 1.17 bits per heavy atom. The third-order valence-corrected chi connectivity index (χ3v) is 3.06. The van der Waals surface area contributed by atoms with Crippen molar-refractivity contribution in [1.82, 2.24) is 9.78 Å². The van der Waals surface area contributed by atoms with Gasteiger partial charge in [-0.05, 0) is 38.1 Å². The van der Waals surface area contributed by atoms with Crippen LogP contribution in [0.2, 0.25) is 10.0 Å². The second kappa shape index (κ2) is 5.63. The molecule has 0 fully saturated rings. The predicted octanol–water partition coefficient (Wildman–Crippen LogP) is 4.13. The molecule has 0 spiro atoms. The maximum Gasteiger partial charge on any atom is 0.0597 e. The summed E-state index contributed by atoms with van der Waals surface area (Å²) in [5, 5.41) is 8.96. The highest BCUT2D eigenvalue weighted by molar-refractivity contribution is 6.35. The molecule has 0 aliphatic heterocycles. The number of benzene rings is 1. The van der Waals surface area contributed by atoms with Gasteiger partial charge in [0, 0.05) is 22.3 Å². The Kier molecular flexibility index (Phi) is 4.15. The Labute approximate surface area is 117 Å². The molecule has 0 atom stereocenters. The molecule has 1 aromatic carbocycles. The monoisotopic (exact) mass is 283 g/mol. The Balaban J connectivity index is 2.11. The fourth-order valence-corrected chi connectivity index (χ4v) is 2.39. The lowest BCUT2D eigenvalue weighted by atomic mass is 10.3. The number of anilines is 1. The first kappa shape index (κ1) is 13.2. The van der Waals surface area contributed by atoms with Crippen LogP contribution in [-0.4, -0.2) is 9.78 Å². The third kappa shape index (κ3) is 3.18. The van der Waals surface area contributed by atoms with Crippen LogP contribution >= 0.6 is 23.2 Å². The van der Waals surface area contributed by atoms with E-state index in [2.05, 4.69) is 23.4 Å². The first-order chi connectivity index (χ1) is 8.58. The van der Waals surface area contributed by atoms with Crippen molar-refractivity contribution in [3.8, 4) is 0 Å². The standard InChI is InChI=1S/C13H15Cl2N3/c1-3-18-13(4-9(2)17-18)8-16-12-6-10(14)5-11(15)7-12/h4-7,16H,3,8H2,1-2H3. The summed E-state index contributed by atoms with van der Waals surface area (Å²) < 4.78 is 1.98. The second-order valence-electron chi connectivity index (χ2n) is 4.10. The summed E-state index contributed by atoms with van der Waals surface area (Å²) in [6.07, 6.45) is 0. The van der Waals surface area contributed by atoms with Gasteiger partial charge in [-0.25, -0.2) is 0 Å². The fourth-order valence-electron chi connectivity index (χ4n) is 1.86. The smallest absolute Gasteiger partial charge is 0.0597 e. The van der Waals surface area contributed by atoms with Crippen LogP contribution in [0.25, 0.3) is 0 Å². The third-order valence-electron chi connectivity index (χ3n) is 2.62. The lowest BCUT2D eigenvalue weighted by molar-refractivity contribution is 0.623. The molecule has 2 aromatic rings. The molecule has 96 valence electrons. The van der Waals surface area contributed by atoms with Gasteiger partial charge < -0.3 is 5.32 Å². The van der Waals surface area contributed by atoms with E-state index in [-0.39, 0.29) is 0 Å². The van der Waals surface area contributed by atoms with Gasteiger partial charge in [-0.3, -0.25) is 4.68 Å². The first-order valence-corrected chi connectivity index (χ1v) is 6.57. The molecule has 3 nitrogen and oxygen atoms in total. The number of halogens is 2. The van der Waals surface area contributed by atoms with E-state index in [1.807, 2.05) is 23.7 Å². The topological polar surface area (TPSA) is 29.9 Å². The average molecular weight is 284 g/mol. The highest BCUT2D eigenvalue weighted by atomic mass is 35.5. The Morgan fingerprint density at radius 3 is 2.44 bits per heavy atom. The zero-order chi connectivity index (χ0) is 13.1. The van der Waals surface area contributed by atoms with Crippen molar-refractivity contribution in [2.75, 3.05) is 5.32 Å². The van der Waals surface area contributed by atoms with Crippen LogP contribution in [0.5, 0.6) is 0 Å². The molecule has 0 bridgehead atoms. The number of hydrogen-bond acceptors (Lipinski definition) is 2. The van der Waals surface area contributed by atoms with Crippen molar-refractivity contribution in [3.63, 3.8) is 0 Å². The van der Waals surface area contributed by atoms with Crippen molar-refractivity contribution in [3.05, 3.63) is 45.7 Å². The van der Waals surface area contributed by atoms with Crippen LogP contribution in [0.4, 0.5) is 5.69 Å². The van der Waals surface area contributed by atoms with Crippen molar-refractivity contribution in [2.24, 2.45) is 0 Å². The van der Waals surface area contributed by atoms with Gasteiger partial charge in [0.25, 0.3) is 0 Å². The van der Waals surface area contributed by atoms with Gasteiger partial charge in [-0.1, -0.05) is 23.2 Å². The van der Waals surface area contributed by atoms with E-state index in [4.69, 9.17) is 23.2 Å². The second-order valence-corrected chi connectivity index (χ2v) is 4.98. The van der Waals surface area contributed by atoms with E-state index in [1.54, 1.807) is 6.07 Å². The van der Waals surface area contributed by atoms with Gasteiger partial charge in [-0.2, -0.15) is 5.10 Å². The Hall–Kier alpha value is -1.19. The first-order valence-electron chi connectivity index (χ1n) is 5.82. The fraction of sp³-hybridized carbons (Fsp3) is 0.308. The van der Waals surface area contributed by atoms with E-state index < -0.39 is 0 Å². The summed E-state index contributed by atoms with van der Waals surface area (Å²) >= 11 is 11.9. The van der Waals surface area contributed by atoms with Gasteiger partial charge in [0.2, 0.25) is 0 Å². The maximum atomic E-state index is 5.95. The molecule has 1 N–H and O–H groups in total. The number of aryl methyl sites for hydroxylation is 2. The van der Waals surface area contributed by atoms with E-state index in [9.17, 15) is 0 Å². The molecule has 0 unspecified atom stereocenters. The molecular weight excluding hydrogens is 269 g/mol. The number of nitrogens with one attached hydrogen (secondary N) is 1. The number of aromatic nitrogens is 2. The number of hydrogen-bond donors (Lipinski definition) is 1. The van der Waals surface area contributed by atoms with Crippen LogP contribution in [-0.2, 0) is 13.1 Å². The van der Waals surface area contributed by atoms with Gasteiger partial charge in [0.15, 0.2) is 0 Å². The summed E-state index contributed by atoms with van der Waals surface area (Å²) in [5.74, 6) is 0. The summed E-state index contributed by atoms with van der Waals surface area (Å²) in [7, 11) is 0. The van der Waals surface area contributed by atoms with E-state index in [0.717, 1.165) is 23.6 Å². The lowest BCUT2D eigenvalue weighted by Crippen LogP contribution is -2.07. The van der Waals surface area contributed by atoms with Crippen molar-refractivity contribution < 1.29 is 0 Å². The largest absolute Gasteiger partial charge is 0.379 e. The maximum absolute atomic E-state index is 5.95. The van der Waals surface area contributed by atoms with Gasteiger partial charge in [-0.15, -0.1) is 0 Å². The minimum Gasteiger partial charge on any atom is -0.379 e. The molecule has 0 aliphatic carbocycles. The molecule has 2 rings (SSSR count). The summed E-state index contributed by atoms with van der Waals surface area (Å²) in [6.45, 7) is 5.63. The molecule has 1 aromatic heterocycles. The molecule has 0 radical (unpaired) electrons. The van der Waals surface area contributed by atoms with Crippen LogP contribution in [0.1, 0.15) is 18.3 Å². The minimum atomic E-state index is 0.630. The number of nitrogens with zero attached hydrogens (tertiary/aromatic N) is 2. The Bertz CT molecular complexity index is 529. The van der Waals surface area contributed by atoms with Crippen LogP contribution in [0.3, 0.4) is 0 Å². The van der Waals surface area contributed by atoms with E-state index in [1.165, 1.54) is 0 Å². The number of rotatable bonds is 4. The predicted molar refractivity (Wildman–Crippen MR) is 76.4 cm³/mol. The molecule has 5 heteroatoms. The summed E-state index contributed by atoms with van der Waals surface area (Å²) in [5.41, 5.74) is 3.08. The molecule has 18 heavy (non-hydrogen) atoms. The zero-order valence-corrected chi connectivity index (χ0v) is 11.9. The van der Waals surface area contributed by atoms with Crippen molar-refractivity contribution >= 4 is 28.9 Å². The molecule has 0 aliphatic rings. The van der Waals surface area contributed by atoms with Crippen LogP contribution < -0.4 is 5.32 Å². The molecule has 0 saturated carbocycles. The molecule has 0 saturated heterocycles. The summed E-state index contributed by atoms with van der Waals surface area (Å²) in [4.78, 5) is 0. The van der Waals surface area contributed by atoms with E-state index >= 15 is 0 Å². The van der Waals surface area contributed by atoms with Crippen molar-refractivity contribution in [2.45, 2.75) is 26.9 Å². The van der Waals surface area contributed by atoms with Gasteiger partial charge >= 0.3 is 0 Å².